The number of benzene rings is 1. The fraction of sp³-hybridized carbons (Fsp3) is 0. The molecule has 1 N–H and O–H groups in total. The summed E-state index contributed by atoms with van der Waals surface area (Å²) < 4.78 is 78.6. The minimum Gasteiger partial charge on any atom is -0.317 e. The van der Waals surface area contributed by atoms with Crippen LogP contribution in [0.25, 0.3) is 0 Å². The lowest BCUT2D eigenvalue weighted by atomic mass is 10.2. The Bertz CT molecular complexity index is 705. The van der Waals surface area contributed by atoms with E-state index in [4.69, 9.17) is 0 Å². The summed E-state index contributed by atoms with van der Waals surface area (Å²) in [5.41, 5.74) is -2.29. The molecule has 1 amide bonds. The molecule has 0 radical (unpaired) electrons. The number of carbonyl (C=O) groups is 1. The highest BCUT2D eigenvalue weighted by atomic mass is 19.2. The third-order valence-corrected chi connectivity index (χ3v) is 2.45. The normalized spacial score (nSPS) is 10.6. The van der Waals surface area contributed by atoms with Crippen LogP contribution in [0, 0.1) is 35.0 Å². The van der Waals surface area contributed by atoms with Gasteiger partial charge in [-0.15, -0.1) is 0 Å². The summed E-state index contributed by atoms with van der Waals surface area (Å²) in [6.45, 7) is 0. The van der Waals surface area contributed by atoms with Crippen molar-refractivity contribution >= 4 is 11.6 Å². The van der Waals surface area contributed by atoms with Crippen LogP contribution in [0.4, 0.5) is 32.0 Å². The molecule has 1 aromatic heterocycles. The van der Waals surface area contributed by atoms with Gasteiger partial charge in [0, 0.05) is 6.20 Å². The Morgan fingerprint density at radius 2 is 1.43 bits per heavy atom. The quantitative estimate of drug-likeness (QED) is 0.401. The molecule has 0 aliphatic heterocycles. The third-order valence-electron chi connectivity index (χ3n) is 2.45. The molecular formula is C12H4F6N2O. The third kappa shape index (κ3) is 2.54. The molecule has 0 atom stereocenters. The number of halogens is 6. The molecule has 0 aliphatic carbocycles. The zero-order chi connectivity index (χ0) is 15.7. The molecule has 0 spiro atoms. The number of rotatable bonds is 2. The number of aromatic nitrogens is 1. The van der Waals surface area contributed by atoms with Crippen LogP contribution in [0.3, 0.4) is 0 Å². The van der Waals surface area contributed by atoms with Gasteiger partial charge in [0.1, 0.15) is 5.69 Å². The Morgan fingerprint density at radius 1 is 0.905 bits per heavy atom. The Kier molecular flexibility index (Phi) is 3.83. The van der Waals surface area contributed by atoms with Gasteiger partial charge >= 0.3 is 0 Å². The van der Waals surface area contributed by atoms with Crippen molar-refractivity contribution in [3.8, 4) is 0 Å². The second-order valence-corrected chi connectivity index (χ2v) is 3.74. The number of pyridine rings is 1. The Hall–Kier alpha value is -2.58. The first-order chi connectivity index (χ1) is 9.84. The first-order valence-corrected chi connectivity index (χ1v) is 5.28. The maximum Gasteiger partial charge on any atom is 0.260 e. The molecule has 1 heterocycles. The van der Waals surface area contributed by atoms with E-state index < -0.39 is 52.2 Å². The van der Waals surface area contributed by atoms with E-state index >= 15 is 0 Å². The highest BCUT2D eigenvalue weighted by Gasteiger charge is 2.27. The molecular weight excluding hydrogens is 302 g/mol. The second kappa shape index (κ2) is 5.43. The van der Waals surface area contributed by atoms with Crippen LogP contribution in [-0.4, -0.2) is 10.9 Å². The number of hydrogen-bond acceptors (Lipinski definition) is 2. The van der Waals surface area contributed by atoms with Crippen molar-refractivity contribution in [3.63, 3.8) is 0 Å². The number of nitrogens with one attached hydrogen (secondary N) is 1. The van der Waals surface area contributed by atoms with Crippen LogP contribution in [-0.2, 0) is 0 Å². The highest BCUT2D eigenvalue weighted by molar-refractivity contribution is 6.04. The average Bonchev–Trinajstić information content (AvgIpc) is 2.48. The standard InChI is InChI=1S/C12H4F6N2O/c13-5-6(14)8(16)10(9(17)7(5)15)20-12(21)4-2-1-3-19-11(4)18/h1-3H,(H,20,21). The fourth-order valence-electron chi connectivity index (χ4n) is 1.45. The van der Waals surface area contributed by atoms with Crippen molar-refractivity contribution in [1.82, 2.24) is 4.98 Å². The summed E-state index contributed by atoms with van der Waals surface area (Å²) in [5, 5.41) is 1.43. The molecule has 3 nitrogen and oxygen atoms in total. The van der Waals surface area contributed by atoms with E-state index in [0.717, 1.165) is 18.3 Å². The molecule has 0 fully saturated rings. The Balaban J connectivity index is 2.46. The molecule has 21 heavy (non-hydrogen) atoms. The number of carbonyl (C=O) groups excluding carboxylic acids is 1. The lowest BCUT2D eigenvalue weighted by Gasteiger charge is -2.09. The predicted molar refractivity (Wildman–Crippen MR) is 58.4 cm³/mol. The molecule has 110 valence electrons. The van der Waals surface area contributed by atoms with E-state index in [1.807, 2.05) is 0 Å². The van der Waals surface area contributed by atoms with Gasteiger partial charge in [0.15, 0.2) is 23.3 Å². The number of amides is 1. The Morgan fingerprint density at radius 3 is 1.95 bits per heavy atom. The first-order valence-electron chi connectivity index (χ1n) is 5.28. The molecule has 0 unspecified atom stereocenters. The fourth-order valence-corrected chi connectivity index (χ4v) is 1.45. The maximum absolute atomic E-state index is 13.3. The van der Waals surface area contributed by atoms with Crippen molar-refractivity contribution in [2.75, 3.05) is 5.32 Å². The van der Waals surface area contributed by atoms with Gasteiger partial charge in [-0.05, 0) is 12.1 Å². The monoisotopic (exact) mass is 306 g/mol. The van der Waals surface area contributed by atoms with Gasteiger partial charge in [-0.1, -0.05) is 0 Å². The van der Waals surface area contributed by atoms with E-state index in [1.54, 1.807) is 0 Å². The van der Waals surface area contributed by atoms with E-state index in [0.29, 0.717) is 0 Å². The average molecular weight is 306 g/mol. The molecule has 2 rings (SSSR count). The molecule has 0 aliphatic rings. The molecule has 1 aromatic carbocycles. The molecule has 2 aromatic rings. The SMILES string of the molecule is O=C(Nc1c(F)c(F)c(F)c(F)c1F)c1cccnc1F. The molecule has 0 saturated carbocycles. The molecule has 0 bridgehead atoms. The van der Waals surface area contributed by atoms with Gasteiger partial charge in [0.2, 0.25) is 11.8 Å². The molecule has 9 heteroatoms. The Labute approximate surface area is 113 Å². The highest BCUT2D eigenvalue weighted by Crippen LogP contribution is 2.27. The number of anilines is 1. The van der Waals surface area contributed by atoms with Crippen LogP contribution in [0.5, 0.6) is 0 Å². The van der Waals surface area contributed by atoms with E-state index in [2.05, 4.69) is 4.98 Å². The maximum atomic E-state index is 13.3. The van der Waals surface area contributed by atoms with Crippen LogP contribution < -0.4 is 5.32 Å². The van der Waals surface area contributed by atoms with Crippen LogP contribution in [0.1, 0.15) is 10.4 Å². The van der Waals surface area contributed by atoms with Crippen molar-refractivity contribution in [1.29, 1.82) is 0 Å². The summed E-state index contributed by atoms with van der Waals surface area (Å²) in [7, 11) is 0. The minimum absolute atomic E-state index is 0.721. The molecule has 0 saturated heterocycles. The smallest absolute Gasteiger partial charge is 0.260 e. The van der Waals surface area contributed by atoms with Crippen molar-refractivity contribution in [2.45, 2.75) is 0 Å². The zero-order valence-corrected chi connectivity index (χ0v) is 9.86. The summed E-state index contributed by atoms with van der Waals surface area (Å²) in [6.07, 6.45) is 1.00. The van der Waals surface area contributed by atoms with Gasteiger partial charge in [-0.3, -0.25) is 4.79 Å². The minimum atomic E-state index is -2.37. The predicted octanol–water partition coefficient (Wildman–Crippen LogP) is 3.17. The van der Waals surface area contributed by atoms with E-state index in [-0.39, 0.29) is 0 Å². The lowest BCUT2D eigenvalue weighted by Crippen LogP contribution is -2.18. The summed E-state index contributed by atoms with van der Waals surface area (Å²) in [5.74, 6) is -14.0. The van der Waals surface area contributed by atoms with Crippen LogP contribution in [0.15, 0.2) is 18.3 Å². The summed E-state index contributed by atoms with van der Waals surface area (Å²) >= 11 is 0. The summed E-state index contributed by atoms with van der Waals surface area (Å²) in [4.78, 5) is 14.7. The summed E-state index contributed by atoms with van der Waals surface area (Å²) in [6, 6.07) is 2.07. The lowest BCUT2D eigenvalue weighted by molar-refractivity contribution is 0.102. The zero-order valence-electron chi connectivity index (χ0n) is 9.86. The van der Waals surface area contributed by atoms with Crippen LogP contribution in [0.2, 0.25) is 0 Å². The van der Waals surface area contributed by atoms with Crippen molar-refractivity contribution in [3.05, 3.63) is 58.9 Å². The first kappa shape index (κ1) is 14.8. The largest absolute Gasteiger partial charge is 0.317 e. The van der Waals surface area contributed by atoms with Gasteiger partial charge in [-0.25, -0.2) is 26.9 Å². The number of hydrogen-bond donors (Lipinski definition) is 1. The van der Waals surface area contributed by atoms with Crippen molar-refractivity contribution in [2.24, 2.45) is 0 Å². The van der Waals surface area contributed by atoms with Gasteiger partial charge in [-0.2, -0.15) is 4.39 Å². The van der Waals surface area contributed by atoms with Gasteiger partial charge < -0.3 is 5.32 Å². The second-order valence-electron chi connectivity index (χ2n) is 3.74. The number of nitrogens with zero attached hydrogens (tertiary/aromatic N) is 1. The van der Waals surface area contributed by atoms with Gasteiger partial charge in [0.25, 0.3) is 5.91 Å². The van der Waals surface area contributed by atoms with E-state index in [9.17, 15) is 31.1 Å². The van der Waals surface area contributed by atoms with E-state index in [1.165, 1.54) is 5.32 Å². The van der Waals surface area contributed by atoms with Crippen molar-refractivity contribution < 1.29 is 31.1 Å². The van der Waals surface area contributed by atoms with Gasteiger partial charge in [0.05, 0.1) is 5.56 Å². The topological polar surface area (TPSA) is 42.0 Å². The van der Waals surface area contributed by atoms with Crippen LogP contribution >= 0.6 is 0 Å².